The number of halogens is 2. The molecule has 1 saturated carbocycles. The number of likely N-dealkylation sites (tertiary alicyclic amines) is 1. The summed E-state index contributed by atoms with van der Waals surface area (Å²) in [6, 6.07) is 10.1. The zero-order chi connectivity index (χ0) is 34.2. The van der Waals surface area contributed by atoms with Gasteiger partial charge in [0.1, 0.15) is 5.82 Å². The predicted molar refractivity (Wildman–Crippen MR) is 181 cm³/mol. The summed E-state index contributed by atoms with van der Waals surface area (Å²) in [6.45, 7) is 6.09. The van der Waals surface area contributed by atoms with E-state index in [4.69, 9.17) is 21.1 Å². The standard InChI is InChI=1S/C36H44ClFN4O6/c1-22-19-42(20-23(2)47-22)36(41-14-6-7-15-41,48-26-12-10-24(11-13-26)35(45)46)33(43)17-25-16-29(37)31(18-30(25)38)39-34(44)28-21-40(3)32-9-5-4-8-27(28)32/h4-5,8-9,16,18,21-24,26H,6-7,10-15,17,19-20H2,1-3H3,(H,39,44)(H,45,46)/t22-,23+,24?,26?,36?. The number of carbonyl (C=O) groups is 3. The number of carboxylic acids is 1. The highest BCUT2D eigenvalue weighted by molar-refractivity contribution is 6.34. The molecular weight excluding hydrogens is 639 g/mol. The van der Waals surface area contributed by atoms with Crippen molar-refractivity contribution in [3.05, 3.63) is 64.6 Å². The number of carboxylic acid groups (broad SMARTS) is 1. The number of benzene rings is 2. The molecule has 10 nitrogen and oxygen atoms in total. The second-order valence-corrected chi connectivity index (χ2v) is 13.9. The molecule has 1 amide bonds. The monoisotopic (exact) mass is 682 g/mol. The van der Waals surface area contributed by atoms with Crippen molar-refractivity contribution in [2.75, 3.05) is 31.5 Å². The summed E-state index contributed by atoms with van der Waals surface area (Å²) in [4.78, 5) is 43.9. The molecular formula is C36H44ClFN4O6. The number of aliphatic carboxylic acids is 1. The number of Topliss-reactive ketones (excluding diaryl/α,β-unsaturated/α-hetero) is 1. The molecule has 1 aliphatic carbocycles. The fourth-order valence-corrected chi connectivity index (χ4v) is 7.93. The highest BCUT2D eigenvalue weighted by Gasteiger charge is 2.54. The number of aryl methyl sites for hydroxylation is 1. The molecule has 3 atom stereocenters. The molecule has 1 unspecified atom stereocenters. The number of carbonyl (C=O) groups excluding carboxylic acids is 2. The number of fused-ring (bicyclic) bond motifs is 1. The lowest BCUT2D eigenvalue weighted by Gasteiger charge is -2.52. The van der Waals surface area contributed by atoms with E-state index in [1.165, 1.54) is 12.1 Å². The second-order valence-electron chi connectivity index (χ2n) is 13.5. The number of nitrogens with one attached hydrogen (secondary N) is 1. The summed E-state index contributed by atoms with van der Waals surface area (Å²) in [5, 5.41) is 13.2. The molecule has 12 heteroatoms. The van der Waals surface area contributed by atoms with Crippen LogP contribution in [0.3, 0.4) is 0 Å². The van der Waals surface area contributed by atoms with Crippen LogP contribution in [0.25, 0.3) is 10.9 Å². The molecule has 1 aromatic heterocycles. The van der Waals surface area contributed by atoms with Gasteiger partial charge in [0.15, 0.2) is 5.78 Å². The first-order valence-corrected chi connectivity index (χ1v) is 17.3. The Hall–Kier alpha value is -3.35. The second kappa shape index (κ2) is 14.2. The van der Waals surface area contributed by atoms with Gasteiger partial charge in [-0.25, -0.2) is 4.39 Å². The van der Waals surface area contributed by atoms with Crippen LogP contribution in [0.5, 0.6) is 0 Å². The van der Waals surface area contributed by atoms with Crippen LogP contribution in [0.1, 0.15) is 68.3 Å². The number of nitrogens with zero attached hydrogens (tertiary/aromatic N) is 3. The Morgan fingerprint density at radius 2 is 1.71 bits per heavy atom. The summed E-state index contributed by atoms with van der Waals surface area (Å²) < 4.78 is 30.7. The van der Waals surface area contributed by atoms with Crippen molar-refractivity contribution < 1.29 is 33.4 Å². The lowest BCUT2D eigenvalue weighted by Crippen LogP contribution is -2.71. The molecule has 0 spiro atoms. The zero-order valence-corrected chi connectivity index (χ0v) is 28.5. The van der Waals surface area contributed by atoms with Crippen LogP contribution in [0.4, 0.5) is 10.1 Å². The molecule has 48 heavy (non-hydrogen) atoms. The Bertz CT molecular complexity index is 1670. The van der Waals surface area contributed by atoms with Crippen molar-refractivity contribution in [3.8, 4) is 0 Å². The van der Waals surface area contributed by atoms with E-state index in [9.17, 15) is 19.5 Å². The molecule has 0 radical (unpaired) electrons. The van der Waals surface area contributed by atoms with E-state index in [0.717, 1.165) is 23.7 Å². The first-order valence-electron chi connectivity index (χ1n) is 16.9. The molecule has 2 saturated heterocycles. The minimum atomic E-state index is -1.48. The predicted octanol–water partition coefficient (Wildman–Crippen LogP) is 5.85. The van der Waals surface area contributed by atoms with Gasteiger partial charge >= 0.3 is 5.97 Å². The first kappa shape index (κ1) is 34.5. The Morgan fingerprint density at radius 3 is 2.38 bits per heavy atom. The van der Waals surface area contributed by atoms with Gasteiger partial charge in [-0.2, -0.15) is 0 Å². The van der Waals surface area contributed by atoms with E-state index in [1.54, 1.807) is 6.20 Å². The Morgan fingerprint density at radius 1 is 1.04 bits per heavy atom. The van der Waals surface area contributed by atoms with Crippen molar-refractivity contribution >= 4 is 45.9 Å². The largest absolute Gasteiger partial charge is 0.481 e. The van der Waals surface area contributed by atoms with Crippen LogP contribution in [0.2, 0.25) is 5.02 Å². The van der Waals surface area contributed by atoms with Gasteiger partial charge < -0.3 is 24.5 Å². The fraction of sp³-hybridized carbons (Fsp3) is 0.528. The lowest BCUT2D eigenvalue weighted by molar-refractivity contribution is -0.274. The third-order valence-electron chi connectivity index (χ3n) is 9.98. The highest BCUT2D eigenvalue weighted by Crippen LogP contribution is 2.38. The maximum Gasteiger partial charge on any atom is 0.306 e. The summed E-state index contributed by atoms with van der Waals surface area (Å²) >= 11 is 6.65. The SMILES string of the molecule is C[C@@H]1CN(C(OC2CCC(C(=O)O)CC2)(C(=O)Cc2cc(Cl)c(NC(=O)c3cn(C)c4ccccc34)cc2F)N2CCCC2)C[C@H](C)O1. The van der Waals surface area contributed by atoms with E-state index in [-0.39, 0.29) is 46.8 Å². The molecule has 2 aromatic carbocycles. The van der Waals surface area contributed by atoms with Gasteiger partial charge in [-0.3, -0.25) is 24.2 Å². The van der Waals surface area contributed by atoms with Crippen molar-refractivity contribution in [3.63, 3.8) is 0 Å². The summed E-state index contributed by atoms with van der Waals surface area (Å²) in [5.41, 5.74) is 1.53. The van der Waals surface area contributed by atoms with E-state index >= 15 is 4.39 Å². The lowest BCUT2D eigenvalue weighted by atomic mass is 9.87. The average Bonchev–Trinajstić information content (AvgIpc) is 3.71. The molecule has 258 valence electrons. The number of ether oxygens (including phenoxy) is 2. The van der Waals surface area contributed by atoms with Crippen molar-refractivity contribution in [1.82, 2.24) is 14.4 Å². The van der Waals surface area contributed by atoms with Crippen molar-refractivity contribution in [1.29, 1.82) is 0 Å². The summed E-state index contributed by atoms with van der Waals surface area (Å²) in [7, 11) is 1.85. The van der Waals surface area contributed by atoms with Crippen LogP contribution >= 0.6 is 11.6 Å². The first-order chi connectivity index (χ1) is 23.0. The van der Waals surface area contributed by atoms with Crippen molar-refractivity contribution in [2.45, 2.75) is 83.0 Å². The van der Waals surface area contributed by atoms with Gasteiger partial charge in [-0.15, -0.1) is 0 Å². The number of rotatable bonds is 10. The number of hydrogen-bond donors (Lipinski definition) is 2. The Labute approximate surface area is 285 Å². The quantitative estimate of drug-likeness (QED) is 0.274. The third kappa shape index (κ3) is 6.89. The van der Waals surface area contributed by atoms with E-state index in [2.05, 4.69) is 10.2 Å². The van der Waals surface area contributed by atoms with Crippen LogP contribution in [-0.2, 0) is 32.5 Å². The normalized spacial score (nSPS) is 25.2. The van der Waals surface area contributed by atoms with Gasteiger partial charge in [0, 0.05) is 56.7 Å². The molecule has 3 aliphatic rings. The summed E-state index contributed by atoms with van der Waals surface area (Å²) in [6.07, 6.45) is 4.53. The zero-order valence-electron chi connectivity index (χ0n) is 27.7. The third-order valence-corrected chi connectivity index (χ3v) is 10.3. The molecule has 0 bridgehead atoms. The van der Waals surface area contributed by atoms with Crippen LogP contribution in [0.15, 0.2) is 42.6 Å². The maximum atomic E-state index is 15.9. The van der Waals surface area contributed by atoms with Crippen LogP contribution in [-0.4, -0.2) is 87.5 Å². The minimum absolute atomic E-state index is 0.101. The molecule has 3 heterocycles. The number of ketones is 1. The smallest absolute Gasteiger partial charge is 0.306 e. The number of anilines is 1. The van der Waals surface area contributed by atoms with Crippen molar-refractivity contribution in [2.24, 2.45) is 13.0 Å². The van der Waals surface area contributed by atoms with Gasteiger partial charge in [0.25, 0.3) is 5.91 Å². The average molecular weight is 683 g/mol. The maximum absolute atomic E-state index is 15.9. The fourth-order valence-electron chi connectivity index (χ4n) is 7.69. The van der Waals surface area contributed by atoms with Gasteiger partial charge in [0.2, 0.25) is 5.85 Å². The van der Waals surface area contributed by atoms with E-state index in [0.29, 0.717) is 57.4 Å². The van der Waals surface area contributed by atoms with Gasteiger partial charge in [-0.1, -0.05) is 29.8 Å². The highest BCUT2D eigenvalue weighted by atomic mass is 35.5. The minimum Gasteiger partial charge on any atom is -0.481 e. The number of para-hydroxylation sites is 1. The number of morpholine rings is 1. The topological polar surface area (TPSA) is 113 Å². The molecule has 3 fully saturated rings. The van der Waals surface area contributed by atoms with Crippen LogP contribution < -0.4 is 5.32 Å². The molecule has 3 aromatic rings. The van der Waals surface area contributed by atoms with E-state index < -0.39 is 29.5 Å². The van der Waals surface area contributed by atoms with Gasteiger partial charge in [-0.05, 0) is 76.1 Å². The molecule has 6 rings (SSSR count). The van der Waals surface area contributed by atoms with Crippen LogP contribution in [0, 0.1) is 11.7 Å². The molecule has 2 N–H and O–H groups in total. The van der Waals surface area contributed by atoms with E-state index in [1.807, 2.05) is 54.6 Å². The summed E-state index contributed by atoms with van der Waals surface area (Å²) in [5.74, 6) is -4.12. The number of aromatic nitrogens is 1. The Kier molecular flexibility index (Phi) is 10.2. The number of amides is 1. The van der Waals surface area contributed by atoms with Gasteiger partial charge in [0.05, 0.1) is 40.5 Å². The molecule has 2 aliphatic heterocycles. The number of hydrogen-bond acceptors (Lipinski definition) is 7. The Balaban J connectivity index is 1.29.